The fourth-order valence-corrected chi connectivity index (χ4v) is 3.64. The number of benzene rings is 1. The average Bonchev–Trinajstić information content (AvgIpc) is 2.78. The molecule has 3 rings (SSSR count). The first-order valence-corrected chi connectivity index (χ1v) is 8.55. The van der Waals surface area contributed by atoms with Crippen molar-refractivity contribution in [2.45, 2.75) is 26.9 Å². The molecule has 2 heterocycles. The lowest BCUT2D eigenvalue weighted by atomic mass is 10.2. The fourth-order valence-electron chi connectivity index (χ4n) is 2.28. The van der Waals surface area contributed by atoms with Gasteiger partial charge < -0.3 is 9.72 Å². The lowest BCUT2D eigenvalue weighted by Crippen LogP contribution is -2.16. The van der Waals surface area contributed by atoms with Crippen LogP contribution in [-0.4, -0.2) is 9.97 Å². The highest BCUT2D eigenvalue weighted by Gasteiger charge is 2.17. The summed E-state index contributed by atoms with van der Waals surface area (Å²) in [6.07, 6.45) is -0.467. The van der Waals surface area contributed by atoms with Crippen LogP contribution in [0.4, 0.5) is 0 Å². The Morgan fingerprint density at radius 3 is 2.78 bits per heavy atom. The zero-order valence-electron chi connectivity index (χ0n) is 12.7. The number of halogens is 2. The molecule has 0 spiro atoms. The quantitative estimate of drug-likeness (QED) is 0.703. The minimum absolute atomic E-state index is 0.153. The van der Waals surface area contributed by atoms with Crippen molar-refractivity contribution in [3.05, 3.63) is 54.9 Å². The fraction of sp³-hybridized carbons (Fsp3) is 0.250. The van der Waals surface area contributed by atoms with Crippen LogP contribution >= 0.6 is 34.5 Å². The van der Waals surface area contributed by atoms with Crippen molar-refractivity contribution in [1.82, 2.24) is 9.97 Å². The van der Waals surface area contributed by atoms with Crippen molar-refractivity contribution in [1.29, 1.82) is 0 Å². The lowest BCUT2D eigenvalue weighted by molar-refractivity contribution is 0.217. The summed E-state index contributed by atoms with van der Waals surface area (Å²) >= 11 is 13.6. The molecule has 1 atom stereocenters. The van der Waals surface area contributed by atoms with Gasteiger partial charge in [-0.15, -0.1) is 11.3 Å². The second kappa shape index (κ2) is 6.15. The molecule has 0 aliphatic heterocycles. The average molecular weight is 369 g/mol. The molecule has 0 fully saturated rings. The van der Waals surface area contributed by atoms with E-state index in [9.17, 15) is 4.79 Å². The number of ether oxygens (including phenoxy) is 1. The van der Waals surface area contributed by atoms with E-state index in [1.54, 1.807) is 25.1 Å². The minimum atomic E-state index is -0.467. The van der Waals surface area contributed by atoms with Gasteiger partial charge in [0.25, 0.3) is 5.56 Å². The first-order chi connectivity index (χ1) is 10.9. The molecule has 0 saturated heterocycles. The van der Waals surface area contributed by atoms with Crippen LogP contribution in [0.1, 0.15) is 29.3 Å². The van der Waals surface area contributed by atoms with Crippen LogP contribution in [0.15, 0.2) is 23.0 Å². The topological polar surface area (TPSA) is 55.0 Å². The molecule has 120 valence electrons. The van der Waals surface area contributed by atoms with Crippen molar-refractivity contribution >= 4 is 44.8 Å². The number of hydrogen-bond acceptors (Lipinski definition) is 4. The third kappa shape index (κ3) is 3.09. The highest BCUT2D eigenvalue weighted by Crippen LogP contribution is 2.32. The Balaban J connectivity index is 1.99. The number of aromatic amines is 1. The second-order valence-corrected chi connectivity index (χ2v) is 7.30. The van der Waals surface area contributed by atoms with Crippen molar-refractivity contribution in [3.63, 3.8) is 0 Å². The molecule has 2 aromatic heterocycles. The number of nitrogens with zero attached hydrogens (tertiary/aromatic N) is 1. The smallest absolute Gasteiger partial charge is 0.260 e. The number of fused-ring (bicyclic) bond motifs is 1. The van der Waals surface area contributed by atoms with Gasteiger partial charge in [-0.05, 0) is 38.5 Å². The molecule has 0 saturated carbocycles. The maximum atomic E-state index is 12.3. The molecule has 23 heavy (non-hydrogen) atoms. The number of aromatic nitrogens is 2. The van der Waals surface area contributed by atoms with E-state index in [1.807, 2.05) is 13.8 Å². The first-order valence-electron chi connectivity index (χ1n) is 6.98. The van der Waals surface area contributed by atoms with E-state index in [1.165, 1.54) is 11.3 Å². The van der Waals surface area contributed by atoms with Crippen LogP contribution in [0.3, 0.4) is 0 Å². The number of H-pyrrole nitrogens is 1. The molecule has 0 unspecified atom stereocenters. The minimum Gasteiger partial charge on any atom is -0.481 e. The summed E-state index contributed by atoms with van der Waals surface area (Å²) in [4.78, 5) is 21.4. The molecule has 1 aromatic carbocycles. The second-order valence-electron chi connectivity index (χ2n) is 5.25. The standard InChI is InChI=1S/C16H14Cl2N2O2S/c1-7-9(3)23-16-13(7)15(21)19-14(20-16)8(2)22-12-6-10(17)4-5-11(12)18/h4-6,8H,1-3H3,(H,19,20,21)/t8-/m1/s1. The molecule has 1 N–H and O–H groups in total. The Kier molecular flexibility index (Phi) is 4.36. The Bertz CT molecular complexity index is 949. The first kappa shape index (κ1) is 16.3. The van der Waals surface area contributed by atoms with Crippen molar-refractivity contribution < 1.29 is 4.74 Å². The number of hydrogen-bond donors (Lipinski definition) is 1. The normalized spacial score (nSPS) is 12.6. The van der Waals surface area contributed by atoms with Gasteiger partial charge in [-0.2, -0.15) is 0 Å². The number of rotatable bonds is 3. The van der Waals surface area contributed by atoms with E-state index < -0.39 is 6.10 Å². The number of nitrogens with one attached hydrogen (secondary N) is 1. The Morgan fingerprint density at radius 1 is 1.30 bits per heavy atom. The lowest BCUT2D eigenvalue weighted by Gasteiger charge is -2.15. The predicted octanol–water partition coefficient (Wildman–Crippen LogP) is 5.05. The van der Waals surface area contributed by atoms with Crippen LogP contribution in [-0.2, 0) is 0 Å². The van der Waals surface area contributed by atoms with Gasteiger partial charge in [0.05, 0.1) is 10.4 Å². The molecule has 3 aromatic rings. The zero-order chi connectivity index (χ0) is 16.7. The molecule has 0 aliphatic carbocycles. The molecular formula is C16H14Cl2N2O2S. The molecule has 0 amide bonds. The third-order valence-electron chi connectivity index (χ3n) is 3.64. The van der Waals surface area contributed by atoms with Gasteiger partial charge in [-0.25, -0.2) is 4.98 Å². The largest absolute Gasteiger partial charge is 0.481 e. The van der Waals surface area contributed by atoms with E-state index in [0.717, 1.165) is 10.4 Å². The Morgan fingerprint density at radius 2 is 2.04 bits per heavy atom. The van der Waals surface area contributed by atoms with Crippen LogP contribution in [0.2, 0.25) is 10.0 Å². The molecule has 0 radical (unpaired) electrons. The van der Waals surface area contributed by atoms with Gasteiger partial charge in [0.15, 0.2) is 11.9 Å². The summed E-state index contributed by atoms with van der Waals surface area (Å²) in [6.45, 7) is 5.71. The van der Waals surface area contributed by atoms with Crippen LogP contribution in [0.5, 0.6) is 5.75 Å². The van der Waals surface area contributed by atoms with Gasteiger partial charge in [-0.3, -0.25) is 4.79 Å². The molecular weight excluding hydrogens is 355 g/mol. The molecule has 7 heteroatoms. The Labute approximate surface area is 147 Å². The Hall–Kier alpha value is -1.56. The number of thiophene rings is 1. The zero-order valence-corrected chi connectivity index (χ0v) is 15.1. The van der Waals surface area contributed by atoms with Crippen molar-refractivity contribution in [3.8, 4) is 5.75 Å². The number of aryl methyl sites for hydroxylation is 2. The summed E-state index contributed by atoms with van der Waals surface area (Å²) in [6, 6.07) is 4.98. The van der Waals surface area contributed by atoms with Gasteiger partial charge >= 0.3 is 0 Å². The maximum Gasteiger partial charge on any atom is 0.260 e. The summed E-state index contributed by atoms with van der Waals surface area (Å²) in [7, 11) is 0. The summed E-state index contributed by atoms with van der Waals surface area (Å²) in [5.74, 6) is 0.910. The van der Waals surface area contributed by atoms with Gasteiger partial charge in [0.2, 0.25) is 0 Å². The predicted molar refractivity (Wildman–Crippen MR) is 95.2 cm³/mol. The summed E-state index contributed by atoms with van der Waals surface area (Å²) in [5.41, 5.74) is 0.816. The monoisotopic (exact) mass is 368 g/mol. The highest BCUT2D eigenvalue weighted by molar-refractivity contribution is 7.18. The van der Waals surface area contributed by atoms with E-state index >= 15 is 0 Å². The van der Waals surface area contributed by atoms with Crippen molar-refractivity contribution in [2.75, 3.05) is 0 Å². The summed E-state index contributed by atoms with van der Waals surface area (Å²) in [5, 5.41) is 1.62. The third-order valence-corrected chi connectivity index (χ3v) is 5.29. The SMILES string of the molecule is Cc1sc2nc([C@@H](C)Oc3cc(Cl)ccc3Cl)[nH]c(=O)c2c1C. The van der Waals surface area contributed by atoms with Gasteiger partial charge in [0, 0.05) is 16.0 Å². The van der Waals surface area contributed by atoms with E-state index in [2.05, 4.69) is 9.97 Å². The molecule has 0 aliphatic rings. The van der Waals surface area contributed by atoms with Gasteiger partial charge in [-0.1, -0.05) is 23.2 Å². The highest BCUT2D eigenvalue weighted by atomic mass is 35.5. The maximum absolute atomic E-state index is 12.3. The van der Waals surface area contributed by atoms with E-state index in [-0.39, 0.29) is 5.56 Å². The van der Waals surface area contributed by atoms with Crippen LogP contribution < -0.4 is 10.3 Å². The van der Waals surface area contributed by atoms with E-state index in [4.69, 9.17) is 27.9 Å². The summed E-state index contributed by atoms with van der Waals surface area (Å²) < 4.78 is 5.81. The molecule has 4 nitrogen and oxygen atoms in total. The van der Waals surface area contributed by atoms with E-state index in [0.29, 0.717) is 31.8 Å². The van der Waals surface area contributed by atoms with Crippen molar-refractivity contribution in [2.24, 2.45) is 0 Å². The molecule has 0 bridgehead atoms. The van der Waals surface area contributed by atoms with Gasteiger partial charge in [0.1, 0.15) is 10.6 Å². The van der Waals surface area contributed by atoms with Crippen LogP contribution in [0.25, 0.3) is 10.2 Å². The van der Waals surface area contributed by atoms with Crippen LogP contribution in [0, 0.1) is 13.8 Å².